The third-order valence-corrected chi connectivity index (χ3v) is 11.2. The summed E-state index contributed by atoms with van der Waals surface area (Å²) in [5, 5.41) is 67.1. The largest absolute Gasteiger partial charge is 0.393 e. The molecule has 0 radical (unpaired) electrons. The molecular weight excluding hydrogens is 448 g/mol. The van der Waals surface area contributed by atoms with E-state index in [9.17, 15) is 35.4 Å². The van der Waals surface area contributed by atoms with E-state index in [1.807, 2.05) is 20.8 Å². The SMILES string of the molecule is CC(C)C(C)CC(O)C(C)(O)C1C(O)CC2(O)C3=CC(=O)C4CC(O)C(O)CC4(C)C3CCC12C. The molecule has 3 fully saturated rings. The zero-order valence-corrected chi connectivity index (χ0v) is 22.1. The fourth-order valence-corrected chi connectivity index (χ4v) is 8.52. The fraction of sp³-hybridized carbons (Fsp3) is 0.893. The molecular formula is C28H46O7. The monoisotopic (exact) mass is 494 g/mol. The van der Waals surface area contributed by atoms with Gasteiger partial charge in [0.05, 0.1) is 35.6 Å². The number of hydrogen-bond acceptors (Lipinski definition) is 7. The molecule has 6 N–H and O–H groups in total. The van der Waals surface area contributed by atoms with Crippen LogP contribution in [0.25, 0.3) is 0 Å². The number of rotatable bonds is 5. The van der Waals surface area contributed by atoms with Gasteiger partial charge in [-0.1, -0.05) is 34.6 Å². The number of carbonyl (C=O) groups is 1. The fourth-order valence-electron chi connectivity index (χ4n) is 8.52. The van der Waals surface area contributed by atoms with Crippen LogP contribution in [0.3, 0.4) is 0 Å². The molecule has 12 atom stereocenters. The van der Waals surface area contributed by atoms with Gasteiger partial charge in [0.15, 0.2) is 5.78 Å². The molecule has 0 spiro atoms. The maximum atomic E-state index is 13.3. The first-order chi connectivity index (χ1) is 16.0. The zero-order chi connectivity index (χ0) is 26.3. The van der Waals surface area contributed by atoms with Gasteiger partial charge in [0.25, 0.3) is 0 Å². The Morgan fingerprint density at radius 3 is 2.29 bits per heavy atom. The molecule has 7 nitrogen and oxygen atoms in total. The third kappa shape index (κ3) is 3.79. The maximum absolute atomic E-state index is 13.3. The Morgan fingerprint density at radius 2 is 1.69 bits per heavy atom. The summed E-state index contributed by atoms with van der Waals surface area (Å²) in [5.41, 5.74) is -4.12. The van der Waals surface area contributed by atoms with Crippen LogP contribution in [0.2, 0.25) is 0 Å². The second-order valence-electron chi connectivity index (χ2n) is 13.5. The second-order valence-corrected chi connectivity index (χ2v) is 13.5. The zero-order valence-electron chi connectivity index (χ0n) is 22.1. The van der Waals surface area contributed by atoms with E-state index < -0.39 is 58.3 Å². The van der Waals surface area contributed by atoms with Crippen LogP contribution < -0.4 is 0 Å². The van der Waals surface area contributed by atoms with Crippen molar-refractivity contribution in [2.45, 2.75) is 116 Å². The number of hydrogen-bond donors (Lipinski definition) is 6. The normalized spacial score (nSPS) is 48.9. The van der Waals surface area contributed by atoms with E-state index in [1.54, 1.807) is 6.92 Å². The van der Waals surface area contributed by atoms with Gasteiger partial charge in [0, 0.05) is 23.7 Å². The van der Waals surface area contributed by atoms with Gasteiger partial charge < -0.3 is 30.6 Å². The van der Waals surface area contributed by atoms with Crippen molar-refractivity contribution in [2.75, 3.05) is 0 Å². The number of carbonyl (C=O) groups excluding carboxylic acids is 1. The molecule has 3 saturated carbocycles. The highest BCUT2D eigenvalue weighted by Crippen LogP contribution is 2.68. The Morgan fingerprint density at radius 1 is 1.06 bits per heavy atom. The van der Waals surface area contributed by atoms with Crippen LogP contribution >= 0.6 is 0 Å². The van der Waals surface area contributed by atoms with Crippen LogP contribution in [0, 0.1) is 40.4 Å². The van der Waals surface area contributed by atoms with Gasteiger partial charge in [0.1, 0.15) is 0 Å². The molecule has 0 aromatic rings. The summed E-state index contributed by atoms with van der Waals surface area (Å²) < 4.78 is 0. The van der Waals surface area contributed by atoms with Gasteiger partial charge in [0.2, 0.25) is 0 Å². The standard InChI is InChI=1S/C28H46O7/c1-14(2)15(3)9-23(33)27(6,34)24-22(32)13-28(35)17-10-19(29)18-11-20(30)21(31)12-25(18,4)16(17)7-8-26(24,28)5/h10,14-16,18,20-24,30-35H,7-9,11-13H2,1-6H3. The van der Waals surface area contributed by atoms with Crippen molar-refractivity contribution >= 4 is 5.78 Å². The Hall–Kier alpha value is -0.830. The highest BCUT2D eigenvalue weighted by Gasteiger charge is 2.71. The van der Waals surface area contributed by atoms with Crippen LogP contribution in [0.5, 0.6) is 0 Å². The van der Waals surface area contributed by atoms with Crippen molar-refractivity contribution in [3.8, 4) is 0 Å². The molecule has 0 aliphatic heterocycles. The molecule has 4 aliphatic carbocycles. The number of aliphatic hydroxyl groups is 6. The Labute approximate surface area is 209 Å². The van der Waals surface area contributed by atoms with Gasteiger partial charge in [-0.05, 0) is 73.8 Å². The van der Waals surface area contributed by atoms with E-state index in [2.05, 4.69) is 13.8 Å². The van der Waals surface area contributed by atoms with Gasteiger partial charge in [-0.2, -0.15) is 0 Å². The minimum Gasteiger partial charge on any atom is -0.393 e. The Balaban J connectivity index is 1.72. The summed E-state index contributed by atoms with van der Waals surface area (Å²) in [6, 6.07) is 0. The molecule has 0 bridgehead atoms. The van der Waals surface area contributed by atoms with Crippen molar-refractivity contribution in [3.63, 3.8) is 0 Å². The average molecular weight is 495 g/mol. The number of fused-ring (bicyclic) bond motifs is 5. The van der Waals surface area contributed by atoms with Crippen molar-refractivity contribution in [3.05, 3.63) is 11.6 Å². The first-order valence-corrected chi connectivity index (χ1v) is 13.4. The molecule has 4 aliphatic rings. The molecule has 0 aromatic heterocycles. The van der Waals surface area contributed by atoms with E-state index in [0.29, 0.717) is 30.8 Å². The van der Waals surface area contributed by atoms with Crippen molar-refractivity contribution < 1.29 is 35.4 Å². The van der Waals surface area contributed by atoms with Crippen LogP contribution in [-0.4, -0.2) is 72.0 Å². The van der Waals surface area contributed by atoms with Crippen LogP contribution in [0.15, 0.2) is 11.6 Å². The van der Waals surface area contributed by atoms with E-state index in [-0.39, 0.29) is 36.9 Å². The minimum absolute atomic E-state index is 0.0156. The molecule has 0 heterocycles. The smallest absolute Gasteiger partial charge is 0.159 e. The quantitative estimate of drug-likeness (QED) is 0.343. The predicted molar refractivity (Wildman–Crippen MR) is 131 cm³/mol. The van der Waals surface area contributed by atoms with Crippen molar-refractivity contribution in [1.29, 1.82) is 0 Å². The summed E-state index contributed by atoms with van der Waals surface area (Å²) in [4.78, 5) is 13.3. The summed E-state index contributed by atoms with van der Waals surface area (Å²) in [7, 11) is 0. The molecule has 0 aromatic carbocycles. The molecule has 0 saturated heterocycles. The first-order valence-electron chi connectivity index (χ1n) is 13.4. The summed E-state index contributed by atoms with van der Waals surface area (Å²) in [6.45, 7) is 11.6. The summed E-state index contributed by atoms with van der Waals surface area (Å²) in [6.07, 6.45) is -0.487. The number of ketones is 1. The lowest BCUT2D eigenvalue weighted by Crippen LogP contribution is -2.63. The number of allylic oxidation sites excluding steroid dienone is 1. The average Bonchev–Trinajstić information content (AvgIpc) is 2.95. The van der Waals surface area contributed by atoms with Gasteiger partial charge in [-0.15, -0.1) is 0 Å². The molecule has 0 amide bonds. The minimum atomic E-state index is -1.63. The van der Waals surface area contributed by atoms with Gasteiger partial charge in [-0.3, -0.25) is 4.79 Å². The van der Waals surface area contributed by atoms with E-state index in [1.165, 1.54) is 6.08 Å². The van der Waals surface area contributed by atoms with Crippen molar-refractivity contribution in [1.82, 2.24) is 0 Å². The summed E-state index contributed by atoms with van der Waals surface area (Å²) >= 11 is 0. The van der Waals surface area contributed by atoms with Gasteiger partial charge in [-0.25, -0.2) is 0 Å². The lowest BCUT2D eigenvalue weighted by molar-refractivity contribution is -0.186. The Kier molecular flexibility index (Phi) is 6.69. The van der Waals surface area contributed by atoms with Crippen LogP contribution in [0.1, 0.15) is 80.1 Å². The van der Waals surface area contributed by atoms with Crippen LogP contribution in [0.4, 0.5) is 0 Å². The lowest BCUT2D eigenvalue weighted by Gasteiger charge is -2.60. The second kappa shape index (κ2) is 8.60. The first kappa shape index (κ1) is 27.2. The molecule has 4 rings (SSSR count). The third-order valence-electron chi connectivity index (χ3n) is 11.2. The Bertz CT molecular complexity index is 883. The highest BCUT2D eigenvalue weighted by molar-refractivity contribution is 5.95. The van der Waals surface area contributed by atoms with E-state index in [4.69, 9.17) is 0 Å². The summed E-state index contributed by atoms with van der Waals surface area (Å²) in [5.74, 6) is -1.04. The highest BCUT2D eigenvalue weighted by atomic mass is 16.3. The number of aliphatic hydroxyl groups excluding tert-OH is 4. The maximum Gasteiger partial charge on any atom is 0.159 e. The molecule has 12 unspecified atom stereocenters. The molecule has 35 heavy (non-hydrogen) atoms. The van der Waals surface area contributed by atoms with E-state index >= 15 is 0 Å². The molecule has 7 heteroatoms. The van der Waals surface area contributed by atoms with Crippen molar-refractivity contribution in [2.24, 2.45) is 40.4 Å². The van der Waals surface area contributed by atoms with Crippen LogP contribution in [-0.2, 0) is 4.79 Å². The van der Waals surface area contributed by atoms with E-state index in [0.717, 1.165) is 0 Å². The predicted octanol–water partition coefficient (Wildman–Crippen LogP) is 1.96. The topological polar surface area (TPSA) is 138 Å². The van der Waals surface area contributed by atoms with Gasteiger partial charge >= 0.3 is 0 Å². The molecule has 200 valence electrons. The lowest BCUT2D eigenvalue weighted by atomic mass is 9.45.